The molecule has 0 saturated carbocycles. The maximum absolute atomic E-state index is 12.8. The molecule has 2 heterocycles. The van der Waals surface area contributed by atoms with Crippen LogP contribution in [0.4, 0.5) is 5.82 Å². The minimum atomic E-state index is -0.0561. The van der Waals surface area contributed by atoms with Crippen LogP contribution in [0.25, 0.3) is 11.3 Å². The Kier molecular flexibility index (Phi) is 6.77. The Labute approximate surface area is 183 Å². The quantitative estimate of drug-likeness (QED) is 0.629. The van der Waals surface area contributed by atoms with Gasteiger partial charge in [0.25, 0.3) is 0 Å². The Morgan fingerprint density at radius 2 is 1.97 bits per heavy atom. The first kappa shape index (κ1) is 20.8. The van der Waals surface area contributed by atoms with Gasteiger partial charge in [0.15, 0.2) is 5.82 Å². The van der Waals surface area contributed by atoms with Crippen molar-refractivity contribution in [3.8, 4) is 17.0 Å². The Morgan fingerprint density at radius 1 is 1.10 bits per heavy atom. The molecule has 0 aliphatic carbocycles. The van der Waals surface area contributed by atoms with E-state index < -0.39 is 0 Å². The van der Waals surface area contributed by atoms with E-state index in [4.69, 9.17) is 4.74 Å². The van der Waals surface area contributed by atoms with Crippen LogP contribution < -0.4 is 15.0 Å². The van der Waals surface area contributed by atoms with Crippen LogP contribution >= 0.6 is 0 Å². The van der Waals surface area contributed by atoms with Crippen molar-refractivity contribution < 1.29 is 9.53 Å². The molecule has 0 spiro atoms. The molecule has 160 valence electrons. The molecule has 1 saturated heterocycles. The Balaban J connectivity index is 1.34. The van der Waals surface area contributed by atoms with Gasteiger partial charge in [-0.25, -0.2) is 0 Å². The molecule has 0 unspecified atom stereocenters. The summed E-state index contributed by atoms with van der Waals surface area (Å²) in [6.45, 7) is 4.64. The number of piperidine rings is 1. The van der Waals surface area contributed by atoms with Crippen LogP contribution in [0.3, 0.4) is 0 Å². The highest BCUT2D eigenvalue weighted by Gasteiger charge is 2.26. The van der Waals surface area contributed by atoms with E-state index in [1.165, 1.54) is 0 Å². The topological polar surface area (TPSA) is 67.3 Å². The van der Waals surface area contributed by atoms with Crippen molar-refractivity contribution in [1.29, 1.82) is 0 Å². The SMILES string of the molecule is CCOc1cccc(CNC(=O)[C@@H]2CCCN(c3ccc(-c4ccccc4)nn3)C2)c1. The van der Waals surface area contributed by atoms with Crippen molar-refractivity contribution in [2.45, 2.75) is 26.3 Å². The maximum atomic E-state index is 12.8. The summed E-state index contributed by atoms with van der Waals surface area (Å²) in [5, 5.41) is 11.9. The molecule has 1 fully saturated rings. The minimum absolute atomic E-state index is 0.0561. The van der Waals surface area contributed by atoms with Crippen LogP contribution in [0.5, 0.6) is 5.75 Å². The van der Waals surface area contributed by atoms with Crippen LogP contribution in [0.2, 0.25) is 0 Å². The third-order valence-corrected chi connectivity index (χ3v) is 5.51. The summed E-state index contributed by atoms with van der Waals surface area (Å²) in [7, 11) is 0. The average Bonchev–Trinajstić information content (AvgIpc) is 2.84. The highest BCUT2D eigenvalue weighted by molar-refractivity contribution is 5.79. The van der Waals surface area contributed by atoms with E-state index >= 15 is 0 Å². The lowest BCUT2D eigenvalue weighted by Crippen LogP contribution is -2.43. The number of benzene rings is 2. The summed E-state index contributed by atoms with van der Waals surface area (Å²) in [4.78, 5) is 15.0. The van der Waals surface area contributed by atoms with E-state index in [1.807, 2.05) is 73.7 Å². The van der Waals surface area contributed by atoms with Gasteiger partial charge in [-0.15, -0.1) is 10.2 Å². The van der Waals surface area contributed by atoms with Crippen molar-refractivity contribution in [3.05, 3.63) is 72.3 Å². The molecule has 6 nitrogen and oxygen atoms in total. The lowest BCUT2D eigenvalue weighted by molar-refractivity contribution is -0.125. The number of aromatic nitrogens is 2. The maximum Gasteiger partial charge on any atom is 0.225 e. The number of nitrogens with zero attached hydrogens (tertiary/aromatic N) is 3. The van der Waals surface area contributed by atoms with Crippen LogP contribution in [-0.2, 0) is 11.3 Å². The summed E-state index contributed by atoms with van der Waals surface area (Å²) in [6.07, 6.45) is 1.84. The molecule has 3 aromatic rings. The largest absolute Gasteiger partial charge is 0.494 e. The summed E-state index contributed by atoms with van der Waals surface area (Å²) >= 11 is 0. The zero-order chi connectivity index (χ0) is 21.5. The Morgan fingerprint density at radius 3 is 2.74 bits per heavy atom. The molecule has 1 aliphatic heterocycles. The molecule has 1 N–H and O–H groups in total. The monoisotopic (exact) mass is 416 g/mol. The standard InChI is InChI=1S/C25H28N4O2/c1-2-31-22-12-6-8-19(16-22)17-26-25(30)21-11-7-15-29(18-21)24-14-13-23(27-28-24)20-9-4-3-5-10-20/h3-6,8-10,12-14,16,21H,2,7,11,15,17-18H2,1H3,(H,26,30)/t21-/m1/s1. The minimum Gasteiger partial charge on any atom is -0.494 e. The van der Waals surface area contributed by atoms with Gasteiger partial charge in [0, 0.05) is 25.2 Å². The van der Waals surface area contributed by atoms with Crippen molar-refractivity contribution in [2.24, 2.45) is 5.92 Å². The van der Waals surface area contributed by atoms with Gasteiger partial charge in [0.1, 0.15) is 5.75 Å². The number of carbonyl (C=O) groups excluding carboxylic acids is 1. The highest BCUT2D eigenvalue weighted by Crippen LogP contribution is 2.23. The van der Waals surface area contributed by atoms with Crippen molar-refractivity contribution in [2.75, 3.05) is 24.6 Å². The van der Waals surface area contributed by atoms with E-state index in [0.29, 0.717) is 19.7 Å². The fourth-order valence-electron chi connectivity index (χ4n) is 3.90. The van der Waals surface area contributed by atoms with E-state index in [0.717, 1.165) is 47.8 Å². The number of ether oxygens (including phenoxy) is 1. The van der Waals surface area contributed by atoms with Gasteiger partial charge in [0.2, 0.25) is 5.91 Å². The van der Waals surface area contributed by atoms with E-state index in [2.05, 4.69) is 20.4 Å². The zero-order valence-corrected chi connectivity index (χ0v) is 17.8. The second-order valence-electron chi connectivity index (χ2n) is 7.73. The van der Waals surface area contributed by atoms with Gasteiger partial charge in [-0.05, 0) is 49.6 Å². The molecule has 1 aliphatic rings. The second kappa shape index (κ2) is 10.1. The van der Waals surface area contributed by atoms with Gasteiger partial charge < -0.3 is 15.0 Å². The third-order valence-electron chi connectivity index (χ3n) is 5.51. The molecular weight excluding hydrogens is 388 g/mol. The molecule has 31 heavy (non-hydrogen) atoms. The molecule has 1 amide bonds. The lowest BCUT2D eigenvalue weighted by atomic mass is 9.97. The van der Waals surface area contributed by atoms with Gasteiger partial charge in [-0.1, -0.05) is 42.5 Å². The molecule has 0 radical (unpaired) electrons. The molecule has 0 bridgehead atoms. The van der Waals surface area contributed by atoms with Crippen molar-refractivity contribution in [3.63, 3.8) is 0 Å². The van der Waals surface area contributed by atoms with E-state index in [9.17, 15) is 4.79 Å². The van der Waals surface area contributed by atoms with Gasteiger partial charge in [-0.3, -0.25) is 4.79 Å². The molecule has 6 heteroatoms. The number of rotatable bonds is 7. The fourth-order valence-corrected chi connectivity index (χ4v) is 3.90. The second-order valence-corrected chi connectivity index (χ2v) is 7.73. The summed E-state index contributed by atoms with van der Waals surface area (Å²) in [6, 6.07) is 21.9. The van der Waals surface area contributed by atoms with Crippen molar-refractivity contribution >= 4 is 11.7 Å². The van der Waals surface area contributed by atoms with Crippen LogP contribution in [0, 0.1) is 5.92 Å². The first-order valence-electron chi connectivity index (χ1n) is 10.9. The van der Waals surface area contributed by atoms with Gasteiger partial charge >= 0.3 is 0 Å². The molecule has 2 aromatic carbocycles. The number of amides is 1. The smallest absolute Gasteiger partial charge is 0.225 e. The normalized spacial score (nSPS) is 16.0. The van der Waals surface area contributed by atoms with Crippen LogP contribution in [0.1, 0.15) is 25.3 Å². The number of hydrogen-bond acceptors (Lipinski definition) is 5. The van der Waals surface area contributed by atoms with Gasteiger partial charge in [-0.2, -0.15) is 0 Å². The Hall–Kier alpha value is -3.41. The van der Waals surface area contributed by atoms with Gasteiger partial charge in [0.05, 0.1) is 18.2 Å². The predicted molar refractivity (Wildman–Crippen MR) is 122 cm³/mol. The average molecular weight is 417 g/mol. The summed E-state index contributed by atoms with van der Waals surface area (Å²) < 4.78 is 5.54. The fraction of sp³-hybridized carbons (Fsp3) is 0.320. The Bertz CT molecular complexity index is 992. The summed E-state index contributed by atoms with van der Waals surface area (Å²) in [5.41, 5.74) is 2.94. The highest BCUT2D eigenvalue weighted by atomic mass is 16.5. The molecule has 1 aromatic heterocycles. The number of nitrogens with one attached hydrogen (secondary N) is 1. The van der Waals surface area contributed by atoms with E-state index in [1.54, 1.807) is 0 Å². The van der Waals surface area contributed by atoms with Crippen LogP contribution in [-0.4, -0.2) is 35.8 Å². The first-order chi connectivity index (χ1) is 15.2. The molecular formula is C25H28N4O2. The zero-order valence-electron chi connectivity index (χ0n) is 17.8. The van der Waals surface area contributed by atoms with E-state index in [-0.39, 0.29) is 11.8 Å². The number of carbonyl (C=O) groups is 1. The number of hydrogen-bond donors (Lipinski definition) is 1. The molecule has 4 rings (SSSR count). The predicted octanol–water partition coefficient (Wildman–Crippen LogP) is 4.08. The van der Waals surface area contributed by atoms with Crippen molar-refractivity contribution in [1.82, 2.24) is 15.5 Å². The lowest BCUT2D eigenvalue weighted by Gasteiger charge is -2.32. The number of anilines is 1. The third kappa shape index (κ3) is 5.40. The summed E-state index contributed by atoms with van der Waals surface area (Å²) in [5.74, 6) is 1.68. The first-order valence-corrected chi connectivity index (χ1v) is 10.9. The molecule has 1 atom stereocenters. The van der Waals surface area contributed by atoms with Crippen LogP contribution in [0.15, 0.2) is 66.7 Å².